The molecule has 1 aliphatic heterocycles. The molecular formula is C17H27NO4S. The molecule has 1 heterocycles. The van der Waals surface area contributed by atoms with Crippen LogP contribution in [-0.4, -0.2) is 39.2 Å². The molecule has 0 fully saturated rings. The van der Waals surface area contributed by atoms with Crippen molar-refractivity contribution in [3.05, 3.63) is 23.3 Å². The molecule has 1 unspecified atom stereocenters. The maximum Gasteiger partial charge on any atom is 0.214 e. The molecule has 0 bridgehead atoms. The van der Waals surface area contributed by atoms with Crippen molar-refractivity contribution in [1.82, 2.24) is 4.31 Å². The molecule has 0 N–H and O–H groups in total. The topological polar surface area (TPSA) is 55.8 Å². The summed E-state index contributed by atoms with van der Waals surface area (Å²) in [4.78, 5) is 0. The lowest BCUT2D eigenvalue weighted by molar-refractivity contribution is 0.246. The van der Waals surface area contributed by atoms with Crippen LogP contribution in [0.5, 0.6) is 11.5 Å². The molecule has 0 aromatic heterocycles. The van der Waals surface area contributed by atoms with E-state index in [0.29, 0.717) is 30.9 Å². The van der Waals surface area contributed by atoms with Crippen LogP contribution in [0.4, 0.5) is 0 Å². The monoisotopic (exact) mass is 341 g/mol. The van der Waals surface area contributed by atoms with Gasteiger partial charge in [-0.1, -0.05) is 20.8 Å². The van der Waals surface area contributed by atoms with E-state index in [0.717, 1.165) is 11.1 Å². The Kier molecular flexibility index (Phi) is 5.57. The van der Waals surface area contributed by atoms with Crippen LogP contribution < -0.4 is 9.47 Å². The smallest absolute Gasteiger partial charge is 0.214 e. The van der Waals surface area contributed by atoms with Crippen molar-refractivity contribution in [1.29, 1.82) is 0 Å². The third-order valence-electron chi connectivity index (χ3n) is 4.33. The molecule has 1 aliphatic rings. The van der Waals surface area contributed by atoms with Crippen molar-refractivity contribution in [2.45, 2.75) is 39.7 Å². The van der Waals surface area contributed by atoms with E-state index in [1.807, 2.05) is 19.1 Å². The van der Waals surface area contributed by atoms with Crippen LogP contribution >= 0.6 is 0 Å². The number of ether oxygens (including phenoxy) is 2. The van der Waals surface area contributed by atoms with Crippen molar-refractivity contribution in [3.8, 4) is 11.5 Å². The second kappa shape index (κ2) is 7.09. The van der Waals surface area contributed by atoms with E-state index in [2.05, 4.69) is 13.8 Å². The maximum absolute atomic E-state index is 12.7. The Hall–Kier alpha value is -1.27. The lowest BCUT2D eigenvalue weighted by Crippen LogP contribution is -2.43. The molecule has 5 nitrogen and oxygen atoms in total. The molecule has 0 spiro atoms. The van der Waals surface area contributed by atoms with E-state index < -0.39 is 10.0 Å². The number of rotatable bonds is 6. The predicted octanol–water partition coefficient (Wildman–Crippen LogP) is 3.00. The fourth-order valence-electron chi connectivity index (χ4n) is 3.33. The average molecular weight is 341 g/mol. The lowest BCUT2D eigenvalue weighted by Gasteiger charge is -2.39. The second-order valence-electron chi connectivity index (χ2n) is 6.27. The summed E-state index contributed by atoms with van der Waals surface area (Å²) in [6.45, 7) is 6.54. The van der Waals surface area contributed by atoms with Gasteiger partial charge in [0.2, 0.25) is 10.0 Å². The minimum Gasteiger partial charge on any atom is -0.493 e. The maximum atomic E-state index is 12.7. The highest BCUT2D eigenvalue weighted by Gasteiger charge is 2.37. The van der Waals surface area contributed by atoms with E-state index in [4.69, 9.17) is 9.47 Å². The molecule has 0 saturated heterocycles. The number of benzene rings is 1. The molecule has 1 aromatic rings. The van der Waals surface area contributed by atoms with Crippen LogP contribution in [0.25, 0.3) is 0 Å². The zero-order valence-electron chi connectivity index (χ0n) is 14.6. The molecule has 2 rings (SSSR count). The van der Waals surface area contributed by atoms with Gasteiger partial charge in [0.25, 0.3) is 0 Å². The van der Waals surface area contributed by atoms with Gasteiger partial charge in [-0.3, -0.25) is 0 Å². The van der Waals surface area contributed by atoms with Gasteiger partial charge >= 0.3 is 0 Å². The van der Waals surface area contributed by atoms with Gasteiger partial charge in [0, 0.05) is 6.54 Å². The van der Waals surface area contributed by atoms with Crippen LogP contribution in [0.1, 0.15) is 44.4 Å². The molecule has 130 valence electrons. The first-order valence-corrected chi connectivity index (χ1v) is 9.70. The van der Waals surface area contributed by atoms with Gasteiger partial charge in [-0.05, 0) is 42.0 Å². The van der Waals surface area contributed by atoms with Gasteiger partial charge in [0.05, 0.1) is 26.0 Å². The molecule has 6 heteroatoms. The summed E-state index contributed by atoms with van der Waals surface area (Å²) in [5.41, 5.74) is 2.17. The summed E-state index contributed by atoms with van der Waals surface area (Å²) in [6.07, 6.45) is 1.32. The van der Waals surface area contributed by atoms with E-state index in [9.17, 15) is 8.42 Å². The number of nitrogens with zero attached hydrogens (tertiary/aromatic N) is 1. The molecule has 23 heavy (non-hydrogen) atoms. The van der Waals surface area contributed by atoms with Gasteiger partial charge < -0.3 is 9.47 Å². The second-order valence-corrected chi connectivity index (χ2v) is 8.31. The van der Waals surface area contributed by atoms with E-state index in [1.54, 1.807) is 18.5 Å². The number of methoxy groups -OCH3 is 2. The summed E-state index contributed by atoms with van der Waals surface area (Å²) in [6, 6.07) is 3.76. The van der Waals surface area contributed by atoms with Gasteiger partial charge in [0.1, 0.15) is 0 Å². The third kappa shape index (κ3) is 3.48. The quantitative estimate of drug-likeness (QED) is 0.798. The average Bonchev–Trinajstić information content (AvgIpc) is 2.51. The molecule has 0 radical (unpaired) electrons. The summed E-state index contributed by atoms with van der Waals surface area (Å²) in [7, 11) is -0.0280. The van der Waals surface area contributed by atoms with Gasteiger partial charge in [-0.15, -0.1) is 0 Å². The highest BCUT2D eigenvalue weighted by molar-refractivity contribution is 7.89. The van der Waals surface area contributed by atoms with Crippen molar-refractivity contribution in [2.24, 2.45) is 5.92 Å². The predicted molar refractivity (Wildman–Crippen MR) is 91.6 cm³/mol. The van der Waals surface area contributed by atoms with Crippen molar-refractivity contribution < 1.29 is 17.9 Å². The van der Waals surface area contributed by atoms with Crippen LogP contribution in [0, 0.1) is 5.92 Å². The van der Waals surface area contributed by atoms with E-state index in [1.165, 1.54) is 0 Å². The van der Waals surface area contributed by atoms with Gasteiger partial charge in [-0.2, -0.15) is 4.31 Å². The number of hydrogen-bond acceptors (Lipinski definition) is 4. The molecule has 1 atom stereocenters. The Morgan fingerprint density at radius 1 is 1.22 bits per heavy atom. The summed E-state index contributed by atoms with van der Waals surface area (Å²) >= 11 is 0. The minimum atomic E-state index is -3.24. The first kappa shape index (κ1) is 18.1. The highest BCUT2D eigenvalue weighted by Crippen LogP contribution is 2.42. The van der Waals surface area contributed by atoms with E-state index >= 15 is 0 Å². The molecule has 0 aliphatic carbocycles. The number of sulfonamides is 1. The summed E-state index contributed by atoms with van der Waals surface area (Å²) < 4.78 is 37.8. The van der Waals surface area contributed by atoms with Crippen molar-refractivity contribution in [3.63, 3.8) is 0 Å². The van der Waals surface area contributed by atoms with E-state index in [-0.39, 0.29) is 17.7 Å². The zero-order chi connectivity index (χ0) is 17.2. The number of hydrogen-bond donors (Lipinski definition) is 0. The highest BCUT2D eigenvalue weighted by atomic mass is 32.2. The largest absolute Gasteiger partial charge is 0.493 e. The lowest BCUT2D eigenvalue weighted by atomic mass is 9.87. The third-order valence-corrected chi connectivity index (χ3v) is 6.38. The van der Waals surface area contributed by atoms with Crippen LogP contribution in [0.2, 0.25) is 0 Å². The SMILES string of the molecule is CCCS(=O)(=O)N1CCc2cc(OC)c(OC)cc2C1C(C)C. The van der Waals surface area contributed by atoms with Gasteiger partial charge in [0.15, 0.2) is 11.5 Å². The van der Waals surface area contributed by atoms with Crippen LogP contribution in [0.15, 0.2) is 12.1 Å². The Morgan fingerprint density at radius 2 is 1.83 bits per heavy atom. The summed E-state index contributed by atoms with van der Waals surface area (Å²) in [5.74, 6) is 1.71. The Labute approximate surface area is 139 Å². The first-order chi connectivity index (χ1) is 10.9. The van der Waals surface area contributed by atoms with Crippen LogP contribution in [-0.2, 0) is 16.4 Å². The molecular weight excluding hydrogens is 314 g/mol. The Bertz CT molecular complexity index is 655. The molecule has 0 amide bonds. The fourth-order valence-corrected chi connectivity index (χ4v) is 5.16. The standard InChI is InChI=1S/C17H27NO4S/c1-6-9-23(19,20)18-8-7-13-10-15(21-4)16(22-5)11-14(13)17(18)12(2)3/h10-12,17H,6-9H2,1-5H3. The molecule has 1 aromatic carbocycles. The minimum absolute atomic E-state index is 0.157. The first-order valence-electron chi connectivity index (χ1n) is 8.10. The summed E-state index contributed by atoms with van der Waals surface area (Å²) in [5, 5.41) is 0. The van der Waals surface area contributed by atoms with Gasteiger partial charge in [-0.25, -0.2) is 8.42 Å². The van der Waals surface area contributed by atoms with Crippen molar-refractivity contribution >= 4 is 10.0 Å². The normalized spacial score (nSPS) is 18.8. The Balaban J connectivity index is 2.54. The fraction of sp³-hybridized carbons (Fsp3) is 0.647. The zero-order valence-corrected chi connectivity index (χ0v) is 15.4. The Morgan fingerprint density at radius 3 is 2.35 bits per heavy atom. The number of fused-ring (bicyclic) bond motifs is 1. The van der Waals surface area contributed by atoms with Crippen LogP contribution in [0.3, 0.4) is 0 Å². The molecule has 0 saturated carbocycles. The van der Waals surface area contributed by atoms with Crippen molar-refractivity contribution in [2.75, 3.05) is 26.5 Å².